The number of amides is 1. The molecule has 3 nitrogen and oxygen atoms in total. The van der Waals surface area contributed by atoms with Crippen LogP contribution in [-0.4, -0.2) is 11.9 Å². The van der Waals surface area contributed by atoms with Crippen molar-refractivity contribution in [2.75, 3.05) is 0 Å². The predicted molar refractivity (Wildman–Crippen MR) is 36.6 cm³/mol. The van der Waals surface area contributed by atoms with E-state index < -0.39 is 5.41 Å². The zero-order valence-corrected chi connectivity index (χ0v) is 6.14. The molecule has 0 spiro atoms. The first-order valence-electron chi connectivity index (χ1n) is 2.94. The van der Waals surface area contributed by atoms with Gasteiger partial charge in [0.05, 0.1) is 5.41 Å². The summed E-state index contributed by atoms with van der Waals surface area (Å²) >= 11 is 0. The van der Waals surface area contributed by atoms with Crippen LogP contribution in [-0.2, 0) is 4.79 Å². The van der Waals surface area contributed by atoms with Gasteiger partial charge in [0, 0.05) is 6.04 Å². The van der Waals surface area contributed by atoms with Crippen LogP contribution in [0.5, 0.6) is 0 Å². The highest BCUT2D eigenvalue weighted by Crippen LogP contribution is 2.16. The molecule has 0 aromatic rings. The van der Waals surface area contributed by atoms with Gasteiger partial charge in [0.1, 0.15) is 0 Å². The van der Waals surface area contributed by atoms with E-state index in [2.05, 4.69) is 0 Å². The van der Waals surface area contributed by atoms with Gasteiger partial charge in [-0.05, 0) is 20.8 Å². The van der Waals surface area contributed by atoms with Crippen LogP contribution >= 0.6 is 0 Å². The molecule has 1 atom stereocenters. The normalized spacial score (nSPS) is 15.1. The van der Waals surface area contributed by atoms with Crippen LogP contribution in [0.4, 0.5) is 0 Å². The zero-order valence-electron chi connectivity index (χ0n) is 6.14. The molecule has 0 fully saturated rings. The van der Waals surface area contributed by atoms with Crippen LogP contribution in [0.3, 0.4) is 0 Å². The standard InChI is InChI=1S/C6H14N2O/c1-4(7)6(2,3)5(8)9/h4H,7H2,1-3H3,(H2,8,9)/t4-/m1/s1. The molecule has 0 aliphatic heterocycles. The van der Waals surface area contributed by atoms with E-state index in [4.69, 9.17) is 11.5 Å². The Kier molecular flexibility index (Phi) is 2.20. The van der Waals surface area contributed by atoms with Gasteiger partial charge < -0.3 is 11.5 Å². The highest BCUT2D eigenvalue weighted by atomic mass is 16.1. The van der Waals surface area contributed by atoms with Crippen molar-refractivity contribution in [2.45, 2.75) is 26.8 Å². The van der Waals surface area contributed by atoms with Gasteiger partial charge in [-0.15, -0.1) is 0 Å². The summed E-state index contributed by atoms with van der Waals surface area (Å²) in [6.07, 6.45) is 0. The van der Waals surface area contributed by atoms with Crippen LogP contribution in [0.15, 0.2) is 0 Å². The van der Waals surface area contributed by atoms with Crippen molar-refractivity contribution >= 4 is 5.91 Å². The van der Waals surface area contributed by atoms with Crippen molar-refractivity contribution in [1.82, 2.24) is 0 Å². The molecule has 0 unspecified atom stereocenters. The molecule has 1 amide bonds. The maximum atomic E-state index is 10.6. The molecule has 0 aromatic carbocycles. The third kappa shape index (κ3) is 1.68. The number of primary amides is 1. The minimum Gasteiger partial charge on any atom is -0.369 e. The largest absolute Gasteiger partial charge is 0.369 e. The second-order valence-electron chi connectivity index (χ2n) is 2.87. The van der Waals surface area contributed by atoms with Gasteiger partial charge in [0.2, 0.25) is 5.91 Å². The number of rotatable bonds is 2. The van der Waals surface area contributed by atoms with E-state index in [1.807, 2.05) is 0 Å². The summed E-state index contributed by atoms with van der Waals surface area (Å²) in [5, 5.41) is 0. The van der Waals surface area contributed by atoms with Gasteiger partial charge >= 0.3 is 0 Å². The average molecular weight is 130 g/mol. The zero-order chi connectivity index (χ0) is 7.65. The van der Waals surface area contributed by atoms with Gasteiger partial charge in [-0.3, -0.25) is 4.79 Å². The summed E-state index contributed by atoms with van der Waals surface area (Å²) in [6, 6.07) is -0.185. The molecule has 0 aromatic heterocycles. The lowest BCUT2D eigenvalue weighted by Crippen LogP contribution is -2.44. The minimum absolute atomic E-state index is 0.185. The van der Waals surface area contributed by atoms with Crippen LogP contribution in [0.25, 0.3) is 0 Å². The van der Waals surface area contributed by atoms with E-state index in [0.29, 0.717) is 0 Å². The Morgan fingerprint density at radius 3 is 1.89 bits per heavy atom. The van der Waals surface area contributed by atoms with Gasteiger partial charge in [-0.25, -0.2) is 0 Å². The lowest BCUT2D eigenvalue weighted by atomic mass is 9.85. The summed E-state index contributed by atoms with van der Waals surface area (Å²) in [6.45, 7) is 5.24. The van der Waals surface area contributed by atoms with Crippen LogP contribution in [0.2, 0.25) is 0 Å². The Balaban J connectivity index is 4.19. The molecular formula is C6H14N2O. The Bertz CT molecular complexity index is 118. The monoisotopic (exact) mass is 130 g/mol. The Labute approximate surface area is 55.4 Å². The average Bonchev–Trinajstić information content (AvgIpc) is 1.65. The molecule has 0 heterocycles. The molecule has 3 heteroatoms. The molecule has 0 aliphatic rings. The first kappa shape index (κ1) is 8.43. The lowest BCUT2D eigenvalue weighted by Gasteiger charge is -2.24. The Morgan fingerprint density at radius 2 is 1.89 bits per heavy atom. The number of hydrogen-bond acceptors (Lipinski definition) is 2. The van der Waals surface area contributed by atoms with Crippen molar-refractivity contribution in [2.24, 2.45) is 16.9 Å². The van der Waals surface area contributed by atoms with Crippen LogP contribution < -0.4 is 11.5 Å². The second-order valence-corrected chi connectivity index (χ2v) is 2.87. The molecule has 0 saturated heterocycles. The predicted octanol–water partition coefficient (Wildman–Crippen LogP) is -0.155. The molecule has 0 rings (SSSR count). The third-order valence-corrected chi connectivity index (χ3v) is 1.77. The molecule has 0 bridgehead atoms. The molecule has 54 valence electrons. The highest BCUT2D eigenvalue weighted by molar-refractivity contribution is 5.80. The molecule has 0 radical (unpaired) electrons. The summed E-state index contributed by atoms with van der Waals surface area (Å²) in [7, 11) is 0. The number of hydrogen-bond donors (Lipinski definition) is 2. The highest BCUT2D eigenvalue weighted by Gasteiger charge is 2.28. The van der Waals surface area contributed by atoms with Gasteiger partial charge in [-0.1, -0.05) is 0 Å². The summed E-state index contributed by atoms with van der Waals surface area (Å²) in [5.41, 5.74) is 9.94. The molecular weight excluding hydrogens is 116 g/mol. The second kappa shape index (κ2) is 2.35. The summed E-state index contributed by atoms with van der Waals surface area (Å²) in [4.78, 5) is 10.6. The summed E-state index contributed by atoms with van der Waals surface area (Å²) < 4.78 is 0. The topological polar surface area (TPSA) is 69.1 Å². The quantitative estimate of drug-likeness (QED) is 0.545. The molecule has 0 saturated carbocycles. The fourth-order valence-corrected chi connectivity index (χ4v) is 0.224. The van der Waals surface area contributed by atoms with E-state index in [1.54, 1.807) is 20.8 Å². The van der Waals surface area contributed by atoms with Crippen LogP contribution in [0.1, 0.15) is 20.8 Å². The smallest absolute Gasteiger partial charge is 0.224 e. The maximum absolute atomic E-state index is 10.6. The minimum atomic E-state index is -0.583. The van der Waals surface area contributed by atoms with Crippen molar-refractivity contribution < 1.29 is 4.79 Å². The molecule has 0 aliphatic carbocycles. The SMILES string of the molecule is C[C@@H](N)C(C)(C)C(N)=O. The molecule has 4 N–H and O–H groups in total. The third-order valence-electron chi connectivity index (χ3n) is 1.77. The fourth-order valence-electron chi connectivity index (χ4n) is 0.224. The lowest BCUT2D eigenvalue weighted by molar-refractivity contribution is -0.126. The van der Waals surface area contributed by atoms with Gasteiger partial charge in [0.15, 0.2) is 0 Å². The van der Waals surface area contributed by atoms with Crippen molar-refractivity contribution in [3.8, 4) is 0 Å². The summed E-state index contributed by atoms with van der Waals surface area (Å²) in [5.74, 6) is -0.350. The fraction of sp³-hybridized carbons (Fsp3) is 0.833. The first-order chi connectivity index (χ1) is 3.89. The van der Waals surface area contributed by atoms with Gasteiger partial charge in [-0.2, -0.15) is 0 Å². The van der Waals surface area contributed by atoms with Crippen LogP contribution in [0, 0.1) is 5.41 Å². The van der Waals surface area contributed by atoms with Crippen molar-refractivity contribution in [1.29, 1.82) is 0 Å². The van der Waals surface area contributed by atoms with E-state index in [1.165, 1.54) is 0 Å². The number of carbonyl (C=O) groups is 1. The van der Waals surface area contributed by atoms with Gasteiger partial charge in [0.25, 0.3) is 0 Å². The van der Waals surface area contributed by atoms with E-state index in [9.17, 15) is 4.79 Å². The number of carbonyl (C=O) groups excluding carboxylic acids is 1. The van der Waals surface area contributed by atoms with E-state index >= 15 is 0 Å². The van der Waals surface area contributed by atoms with Crippen molar-refractivity contribution in [3.05, 3.63) is 0 Å². The number of nitrogens with two attached hydrogens (primary N) is 2. The maximum Gasteiger partial charge on any atom is 0.224 e. The van der Waals surface area contributed by atoms with E-state index in [0.717, 1.165) is 0 Å². The van der Waals surface area contributed by atoms with Crippen molar-refractivity contribution in [3.63, 3.8) is 0 Å². The Hall–Kier alpha value is -0.570. The van der Waals surface area contributed by atoms with E-state index in [-0.39, 0.29) is 11.9 Å². The molecule has 9 heavy (non-hydrogen) atoms. The first-order valence-corrected chi connectivity index (χ1v) is 2.94. The Morgan fingerprint density at radius 1 is 1.56 bits per heavy atom.